The molecule has 2 aromatic rings. The van der Waals surface area contributed by atoms with Gasteiger partial charge in [-0.15, -0.1) is 0 Å². The van der Waals surface area contributed by atoms with Crippen molar-refractivity contribution < 1.29 is 9.21 Å². The van der Waals surface area contributed by atoms with Gasteiger partial charge in [-0.2, -0.15) is 0 Å². The average Bonchev–Trinajstić information content (AvgIpc) is 2.42. The summed E-state index contributed by atoms with van der Waals surface area (Å²) in [6, 6.07) is 5.41. The van der Waals surface area contributed by atoms with Gasteiger partial charge in [0.1, 0.15) is 5.56 Å². The fraction of sp³-hybridized carbons (Fsp3) is 0.333. The van der Waals surface area contributed by atoms with E-state index in [1.54, 1.807) is 6.07 Å². The van der Waals surface area contributed by atoms with E-state index >= 15 is 0 Å². The zero-order chi connectivity index (χ0) is 14.9. The van der Waals surface area contributed by atoms with Gasteiger partial charge in [0, 0.05) is 18.5 Å². The second-order valence-corrected chi connectivity index (χ2v) is 5.29. The quantitative estimate of drug-likeness (QED) is 0.631. The number of hydrogen-bond donors (Lipinski definition) is 0. The first-order chi connectivity index (χ1) is 9.49. The molecule has 1 aromatic carbocycles. The molecule has 1 heterocycles. The van der Waals surface area contributed by atoms with Crippen LogP contribution in [0.15, 0.2) is 31.9 Å². The first kappa shape index (κ1) is 14.8. The van der Waals surface area contributed by atoms with E-state index in [2.05, 4.69) is 34.7 Å². The molecule has 0 saturated heterocycles. The van der Waals surface area contributed by atoms with Crippen molar-refractivity contribution in [3.8, 4) is 0 Å². The molecular formula is C15H16BrNO3. The normalized spacial score (nSPS) is 10.8. The van der Waals surface area contributed by atoms with E-state index in [-0.39, 0.29) is 11.3 Å². The summed E-state index contributed by atoms with van der Waals surface area (Å²) in [6.07, 6.45) is 0. The van der Waals surface area contributed by atoms with Gasteiger partial charge in [-0.1, -0.05) is 0 Å². The first-order valence-electron chi connectivity index (χ1n) is 6.51. The molecule has 0 N–H and O–H groups in total. The van der Waals surface area contributed by atoms with Crippen LogP contribution in [0.25, 0.3) is 11.0 Å². The van der Waals surface area contributed by atoms with Crippen molar-refractivity contribution in [2.75, 3.05) is 18.0 Å². The lowest BCUT2D eigenvalue weighted by Gasteiger charge is -2.22. The maximum absolute atomic E-state index is 11.8. The highest BCUT2D eigenvalue weighted by molar-refractivity contribution is 9.10. The predicted molar refractivity (Wildman–Crippen MR) is 83.7 cm³/mol. The smallest absolute Gasteiger partial charge is 0.347 e. The Morgan fingerprint density at radius 2 is 1.95 bits per heavy atom. The van der Waals surface area contributed by atoms with Crippen LogP contribution >= 0.6 is 15.9 Å². The van der Waals surface area contributed by atoms with Crippen molar-refractivity contribution in [1.29, 1.82) is 0 Å². The van der Waals surface area contributed by atoms with Gasteiger partial charge in [-0.05, 0) is 54.9 Å². The van der Waals surface area contributed by atoms with Crippen LogP contribution in [0, 0.1) is 0 Å². The molecule has 4 nitrogen and oxygen atoms in total. The van der Waals surface area contributed by atoms with Crippen molar-refractivity contribution in [3.63, 3.8) is 0 Å². The highest BCUT2D eigenvalue weighted by Gasteiger charge is 2.15. The van der Waals surface area contributed by atoms with Gasteiger partial charge in [0.15, 0.2) is 11.4 Å². The molecule has 106 valence electrons. The Bertz CT molecular complexity index is 717. The Morgan fingerprint density at radius 3 is 2.50 bits per heavy atom. The number of benzene rings is 1. The molecule has 0 radical (unpaired) electrons. The van der Waals surface area contributed by atoms with Crippen LogP contribution in [0.5, 0.6) is 0 Å². The molecule has 0 fully saturated rings. The Morgan fingerprint density at radius 1 is 1.30 bits per heavy atom. The number of anilines is 1. The van der Waals surface area contributed by atoms with E-state index < -0.39 is 5.63 Å². The fourth-order valence-electron chi connectivity index (χ4n) is 2.19. The minimum absolute atomic E-state index is 0.0833. The molecule has 0 spiro atoms. The number of fused-ring (bicyclic) bond motifs is 1. The molecule has 1 aromatic heterocycles. The molecule has 0 aliphatic rings. The number of carbonyl (C=O) groups is 1. The van der Waals surface area contributed by atoms with Crippen LogP contribution in [0.3, 0.4) is 0 Å². The molecule has 0 amide bonds. The van der Waals surface area contributed by atoms with E-state index in [9.17, 15) is 9.59 Å². The van der Waals surface area contributed by atoms with Gasteiger partial charge in [-0.3, -0.25) is 4.79 Å². The molecule has 0 bridgehead atoms. The van der Waals surface area contributed by atoms with Gasteiger partial charge >= 0.3 is 5.63 Å². The molecule has 0 aliphatic heterocycles. The van der Waals surface area contributed by atoms with Gasteiger partial charge in [0.25, 0.3) is 0 Å². The lowest BCUT2D eigenvalue weighted by molar-refractivity contribution is 0.101. The van der Waals surface area contributed by atoms with Crippen LogP contribution in [-0.4, -0.2) is 18.9 Å². The van der Waals surface area contributed by atoms with Crippen molar-refractivity contribution >= 4 is 38.4 Å². The van der Waals surface area contributed by atoms with E-state index in [4.69, 9.17) is 4.42 Å². The number of halogens is 1. The SMILES string of the molecule is CCN(CC)c1ccc2cc(C(C)=O)c(=O)oc2c1Br. The van der Waals surface area contributed by atoms with Crippen molar-refractivity contribution in [2.24, 2.45) is 0 Å². The van der Waals surface area contributed by atoms with E-state index in [0.29, 0.717) is 5.58 Å². The van der Waals surface area contributed by atoms with Crippen LogP contribution < -0.4 is 10.5 Å². The van der Waals surface area contributed by atoms with E-state index in [1.165, 1.54) is 6.92 Å². The molecule has 0 unspecified atom stereocenters. The molecule has 2 rings (SSSR count). The minimum Gasteiger partial charge on any atom is -0.421 e. The third-order valence-corrected chi connectivity index (χ3v) is 4.07. The zero-order valence-electron chi connectivity index (χ0n) is 11.7. The summed E-state index contributed by atoms with van der Waals surface area (Å²) in [5.74, 6) is -0.287. The largest absolute Gasteiger partial charge is 0.421 e. The van der Waals surface area contributed by atoms with Gasteiger partial charge in [0.05, 0.1) is 10.2 Å². The first-order valence-corrected chi connectivity index (χ1v) is 7.31. The van der Waals surface area contributed by atoms with Crippen LogP contribution in [0.2, 0.25) is 0 Å². The standard InChI is InChI=1S/C15H16BrNO3/c1-4-17(5-2)12-7-6-10-8-11(9(3)18)15(19)20-14(10)13(12)16/h6-8H,4-5H2,1-3H3. The van der Waals surface area contributed by atoms with Crippen LogP contribution in [0.4, 0.5) is 5.69 Å². The summed E-state index contributed by atoms with van der Waals surface area (Å²) in [6.45, 7) is 7.20. The summed E-state index contributed by atoms with van der Waals surface area (Å²) < 4.78 is 6.06. The molecule has 0 saturated carbocycles. The maximum Gasteiger partial charge on any atom is 0.347 e. The summed E-state index contributed by atoms with van der Waals surface area (Å²) in [5.41, 5.74) is 0.938. The lowest BCUT2D eigenvalue weighted by atomic mass is 10.1. The predicted octanol–water partition coefficient (Wildman–Crippen LogP) is 3.60. The summed E-state index contributed by atoms with van der Waals surface area (Å²) in [5, 5.41) is 0.734. The summed E-state index contributed by atoms with van der Waals surface area (Å²) >= 11 is 3.50. The monoisotopic (exact) mass is 337 g/mol. The second-order valence-electron chi connectivity index (χ2n) is 4.49. The summed E-state index contributed by atoms with van der Waals surface area (Å²) in [7, 11) is 0. The number of carbonyl (C=O) groups excluding carboxylic acids is 1. The Hall–Kier alpha value is -1.62. The highest BCUT2D eigenvalue weighted by atomic mass is 79.9. The Kier molecular flexibility index (Phi) is 4.28. The molecule has 20 heavy (non-hydrogen) atoms. The third-order valence-electron chi connectivity index (χ3n) is 3.31. The van der Waals surface area contributed by atoms with Crippen LogP contribution in [0.1, 0.15) is 31.1 Å². The van der Waals surface area contributed by atoms with Crippen molar-refractivity contribution in [3.05, 3.63) is 38.7 Å². The van der Waals surface area contributed by atoms with Gasteiger partial charge in [-0.25, -0.2) is 4.79 Å². The topological polar surface area (TPSA) is 50.5 Å². The highest BCUT2D eigenvalue weighted by Crippen LogP contribution is 2.33. The molecular weight excluding hydrogens is 322 g/mol. The average molecular weight is 338 g/mol. The number of Topliss-reactive ketones (excluding diaryl/α,β-unsaturated/α-hetero) is 1. The zero-order valence-corrected chi connectivity index (χ0v) is 13.3. The van der Waals surface area contributed by atoms with Crippen molar-refractivity contribution in [1.82, 2.24) is 0 Å². The van der Waals surface area contributed by atoms with Crippen molar-refractivity contribution in [2.45, 2.75) is 20.8 Å². The second kappa shape index (κ2) is 5.79. The maximum atomic E-state index is 11.8. The fourth-order valence-corrected chi connectivity index (χ4v) is 2.89. The van der Waals surface area contributed by atoms with Crippen LogP contribution in [-0.2, 0) is 0 Å². The Labute approximate surface area is 125 Å². The number of ketones is 1. The van der Waals surface area contributed by atoms with Gasteiger partial charge in [0.2, 0.25) is 0 Å². The number of hydrogen-bond acceptors (Lipinski definition) is 4. The minimum atomic E-state index is -0.595. The third kappa shape index (κ3) is 2.50. The Balaban J connectivity index is 2.71. The summed E-state index contributed by atoms with van der Waals surface area (Å²) in [4.78, 5) is 25.4. The molecule has 5 heteroatoms. The lowest BCUT2D eigenvalue weighted by Crippen LogP contribution is -2.22. The molecule has 0 atom stereocenters. The molecule has 0 aliphatic carbocycles. The van der Waals surface area contributed by atoms with E-state index in [0.717, 1.165) is 28.6 Å². The van der Waals surface area contributed by atoms with Gasteiger partial charge < -0.3 is 9.32 Å². The number of rotatable bonds is 4. The number of nitrogens with zero attached hydrogens (tertiary/aromatic N) is 1. The van der Waals surface area contributed by atoms with E-state index in [1.807, 2.05) is 12.1 Å².